The number of aromatic nitrogens is 1. The summed E-state index contributed by atoms with van der Waals surface area (Å²) in [6.07, 6.45) is 1.64. The van der Waals surface area contributed by atoms with E-state index in [0.717, 1.165) is 5.69 Å². The molecule has 0 unspecified atom stereocenters. The average Bonchev–Trinajstić information content (AvgIpc) is 2.43. The molecule has 0 aliphatic carbocycles. The van der Waals surface area contributed by atoms with Gasteiger partial charge >= 0.3 is 0 Å². The SMILES string of the molecule is COc1cc(N)c(Oc2ccc(C)nc2)cc1OC. The number of benzene rings is 1. The van der Waals surface area contributed by atoms with Gasteiger partial charge in [-0.1, -0.05) is 0 Å². The second-order valence-electron chi connectivity index (χ2n) is 3.98. The quantitative estimate of drug-likeness (QED) is 0.856. The Bertz CT molecular complexity index is 568. The van der Waals surface area contributed by atoms with Crippen molar-refractivity contribution in [3.8, 4) is 23.0 Å². The van der Waals surface area contributed by atoms with Crippen LogP contribution in [-0.2, 0) is 0 Å². The lowest BCUT2D eigenvalue weighted by Gasteiger charge is -2.13. The highest BCUT2D eigenvalue weighted by Crippen LogP contribution is 2.38. The predicted octanol–water partition coefficient (Wildman–Crippen LogP) is 2.78. The number of ether oxygens (including phenoxy) is 3. The summed E-state index contributed by atoms with van der Waals surface area (Å²) in [7, 11) is 3.12. The van der Waals surface area contributed by atoms with Gasteiger partial charge in [0.05, 0.1) is 26.1 Å². The zero-order valence-corrected chi connectivity index (χ0v) is 11.1. The van der Waals surface area contributed by atoms with Crippen LogP contribution in [0.4, 0.5) is 5.69 Å². The second-order valence-corrected chi connectivity index (χ2v) is 3.98. The van der Waals surface area contributed by atoms with Crippen molar-refractivity contribution in [1.82, 2.24) is 4.98 Å². The first kappa shape index (κ1) is 13.0. The zero-order valence-electron chi connectivity index (χ0n) is 11.1. The van der Waals surface area contributed by atoms with E-state index in [1.165, 1.54) is 0 Å². The van der Waals surface area contributed by atoms with Crippen molar-refractivity contribution in [2.75, 3.05) is 20.0 Å². The minimum Gasteiger partial charge on any atom is -0.493 e. The molecule has 0 radical (unpaired) electrons. The Morgan fingerprint density at radius 2 is 1.68 bits per heavy atom. The lowest BCUT2D eigenvalue weighted by atomic mass is 10.2. The van der Waals surface area contributed by atoms with Gasteiger partial charge in [-0.2, -0.15) is 0 Å². The summed E-state index contributed by atoms with van der Waals surface area (Å²) in [5.41, 5.74) is 7.31. The van der Waals surface area contributed by atoms with Crippen molar-refractivity contribution < 1.29 is 14.2 Å². The Kier molecular flexibility index (Phi) is 3.75. The first-order valence-corrected chi connectivity index (χ1v) is 5.76. The van der Waals surface area contributed by atoms with Gasteiger partial charge in [-0.05, 0) is 19.1 Å². The largest absolute Gasteiger partial charge is 0.493 e. The van der Waals surface area contributed by atoms with Crippen LogP contribution < -0.4 is 19.9 Å². The molecular weight excluding hydrogens is 244 g/mol. The van der Waals surface area contributed by atoms with Crippen molar-refractivity contribution in [3.63, 3.8) is 0 Å². The van der Waals surface area contributed by atoms with Gasteiger partial charge in [-0.15, -0.1) is 0 Å². The molecule has 5 nitrogen and oxygen atoms in total. The topological polar surface area (TPSA) is 66.6 Å². The zero-order chi connectivity index (χ0) is 13.8. The van der Waals surface area contributed by atoms with E-state index in [1.54, 1.807) is 32.5 Å². The third-order valence-electron chi connectivity index (χ3n) is 2.63. The summed E-state index contributed by atoms with van der Waals surface area (Å²) in [6, 6.07) is 7.05. The standard InChI is InChI=1S/C14H16N2O3/c1-9-4-5-10(8-16-9)19-12-7-14(18-3)13(17-2)6-11(12)15/h4-8H,15H2,1-3H3. The van der Waals surface area contributed by atoms with E-state index < -0.39 is 0 Å². The molecule has 1 heterocycles. The molecular formula is C14H16N2O3. The van der Waals surface area contributed by atoms with Crippen LogP contribution >= 0.6 is 0 Å². The van der Waals surface area contributed by atoms with Crippen LogP contribution in [-0.4, -0.2) is 19.2 Å². The Hall–Kier alpha value is -2.43. The van der Waals surface area contributed by atoms with Crippen LogP contribution in [0.1, 0.15) is 5.69 Å². The van der Waals surface area contributed by atoms with E-state index in [1.807, 2.05) is 19.1 Å². The summed E-state index contributed by atoms with van der Waals surface area (Å²) in [4.78, 5) is 4.16. The second kappa shape index (κ2) is 5.48. The first-order valence-electron chi connectivity index (χ1n) is 5.76. The van der Waals surface area contributed by atoms with Gasteiger partial charge in [-0.3, -0.25) is 4.98 Å². The number of aryl methyl sites for hydroxylation is 1. The normalized spacial score (nSPS) is 10.1. The van der Waals surface area contributed by atoms with Crippen LogP contribution in [0.15, 0.2) is 30.5 Å². The van der Waals surface area contributed by atoms with E-state index in [4.69, 9.17) is 19.9 Å². The number of anilines is 1. The highest BCUT2D eigenvalue weighted by Gasteiger charge is 2.11. The Balaban J connectivity index is 2.32. The van der Waals surface area contributed by atoms with Crippen molar-refractivity contribution in [1.29, 1.82) is 0 Å². The average molecular weight is 260 g/mol. The Labute approximate surface area is 111 Å². The lowest BCUT2D eigenvalue weighted by Crippen LogP contribution is -1.97. The first-order chi connectivity index (χ1) is 9.13. The summed E-state index contributed by atoms with van der Waals surface area (Å²) in [6.45, 7) is 1.91. The summed E-state index contributed by atoms with van der Waals surface area (Å²) in [5, 5.41) is 0. The molecule has 2 rings (SSSR count). The number of nitrogens with zero attached hydrogens (tertiary/aromatic N) is 1. The van der Waals surface area contributed by atoms with Gasteiger partial charge in [0, 0.05) is 17.8 Å². The van der Waals surface area contributed by atoms with Gasteiger partial charge in [0.2, 0.25) is 0 Å². The van der Waals surface area contributed by atoms with Crippen LogP contribution in [0.3, 0.4) is 0 Å². The smallest absolute Gasteiger partial charge is 0.164 e. The van der Waals surface area contributed by atoms with Gasteiger partial charge in [-0.25, -0.2) is 0 Å². The van der Waals surface area contributed by atoms with Crippen LogP contribution in [0.5, 0.6) is 23.0 Å². The van der Waals surface area contributed by atoms with Gasteiger partial charge in [0.1, 0.15) is 5.75 Å². The van der Waals surface area contributed by atoms with Gasteiger partial charge < -0.3 is 19.9 Å². The number of methoxy groups -OCH3 is 2. The lowest BCUT2D eigenvalue weighted by molar-refractivity contribution is 0.352. The van der Waals surface area contributed by atoms with E-state index in [0.29, 0.717) is 28.7 Å². The predicted molar refractivity (Wildman–Crippen MR) is 73.0 cm³/mol. The number of pyridine rings is 1. The van der Waals surface area contributed by atoms with E-state index >= 15 is 0 Å². The molecule has 1 aromatic heterocycles. The van der Waals surface area contributed by atoms with E-state index in [2.05, 4.69) is 4.98 Å². The van der Waals surface area contributed by atoms with Crippen molar-refractivity contribution in [3.05, 3.63) is 36.2 Å². The molecule has 100 valence electrons. The minimum atomic E-state index is 0.471. The number of nitrogen functional groups attached to an aromatic ring is 1. The molecule has 0 spiro atoms. The molecule has 0 fully saturated rings. The third-order valence-corrected chi connectivity index (χ3v) is 2.63. The monoisotopic (exact) mass is 260 g/mol. The molecule has 0 amide bonds. The molecule has 2 N–H and O–H groups in total. The molecule has 5 heteroatoms. The van der Waals surface area contributed by atoms with Gasteiger partial charge in [0.15, 0.2) is 17.2 Å². The fraction of sp³-hybridized carbons (Fsp3) is 0.214. The van der Waals surface area contributed by atoms with Crippen LogP contribution in [0.2, 0.25) is 0 Å². The molecule has 0 bridgehead atoms. The maximum absolute atomic E-state index is 5.92. The highest BCUT2D eigenvalue weighted by atomic mass is 16.5. The van der Waals surface area contributed by atoms with Crippen molar-refractivity contribution >= 4 is 5.69 Å². The Morgan fingerprint density at radius 3 is 2.26 bits per heavy atom. The number of hydrogen-bond donors (Lipinski definition) is 1. The Morgan fingerprint density at radius 1 is 1.00 bits per heavy atom. The molecule has 2 aromatic rings. The fourth-order valence-corrected chi connectivity index (χ4v) is 1.61. The fourth-order valence-electron chi connectivity index (χ4n) is 1.61. The van der Waals surface area contributed by atoms with E-state index in [-0.39, 0.29) is 0 Å². The summed E-state index contributed by atoms with van der Waals surface area (Å²) in [5.74, 6) is 2.24. The maximum Gasteiger partial charge on any atom is 0.164 e. The number of nitrogens with two attached hydrogens (primary N) is 1. The maximum atomic E-state index is 5.92. The van der Waals surface area contributed by atoms with Gasteiger partial charge in [0.25, 0.3) is 0 Å². The van der Waals surface area contributed by atoms with Crippen LogP contribution in [0.25, 0.3) is 0 Å². The van der Waals surface area contributed by atoms with Crippen LogP contribution in [0, 0.1) is 6.92 Å². The number of rotatable bonds is 4. The van der Waals surface area contributed by atoms with E-state index in [9.17, 15) is 0 Å². The minimum absolute atomic E-state index is 0.471. The summed E-state index contributed by atoms with van der Waals surface area (Å²) >= 11 is 0. The molecule has 0 atom stereocenters. The molecule has 0 saturated heterocycles. The third kappa shape index (κ3) is 2.88. The molecule has 19 heavy (non-hydrogen) atoms. The number of hydrogen-bond acceptors (Lipinski definition) is 5. The molecule has 0 aliphatic heterocycles. The molecule has 1 aromatic carbocycles. The van der Waals surface area contributed by atoms with Crippen molar-refractivity contribution in [2.45, 2.75) is 6.92 Å². The highest BCUT2D eigenvalue weighted by molar-refractivity contribution is 5.62. The molecule has 0 aliphatic rings. The summed E-state index contributed by atoms with van der Waals surface area (Å²) < 4.78 is 16.1. The molecule has 0 saturated carbocycles. The van der Waals surface area contributed by atoms with Crippen molar-refractivity contribution in [2.24, 2.45) is 0 Å².